The van der Waals surface area contributed by atoms with E-state index < -0.39 is 0 Å². The Bertz CT molecular complexity index is 618. The second-order valence-corrected chi connectivity index (χ2v) is 5.70. The molecule has 1 unspecified atom stereocenters. The zero-order chi connectivity index (χ0) is 13.9. The van der Waals surface area contributed by atoms with Crippen LogP contribution in [0.25, 0.3) is 10.9 Å². The average molecular weight is 268 g/mol. The zero-order valence-electron chi connectivity index (χ0n) is 11.9. The molecule has 104 valence electrons. The summed E-state index contributed by atoms with van der Waals surface area (Å²) >= 11 is 0. The van der Waals surface area contributed by atoms with Crippen LogP contribution < -0.4 is 0 Å². The van der Waals surface area contributed by atoms with Crippen LogP contribution in [0.4, 0.5) is 0 Å². The molecule has 2 heterocycles. The molecule has 3 heteroatoms. The smallest absolute Gasteiger partial charge is 0.254 e. The first-order chi connectivity index (χ1) is 9.75. The molecule has 0 aliphatic carbocycles. The second kappa shape index (κ2) is 5.61. The van der Waals surface area contributed by atoms with Crippen molar-refractivity contribution in [3.8, 4) is 0 Å². The predicted molar refractivity (Wildman–Crippen MR) is 80.7 cm³/mol. The van der Waals surface area contributed by atoms with E-state index in [2.05, 4.69) is 11.9 Å². The highest BCUT2D eigenvalue weighted by molar-refractivity contribution is 6.06. The SMILES string of the molecule is CC1CCCN(C(=O)c2cccc3ncccc23)CC1. The molecule has 0 bridgehead atoms. The van der Waals surface area contributed by atoms with Gasteiger partial charge in [0.15, 0.2) is 0 Å². The van der Waals surface area contributed by atoms with Crippen molar-refractivity contribution in [3.05, 3.63) is 42.1 Å². The summed E-state index contributed by atoms with van der Waals surface area (Å²) in [6.45, 7) is 4.02. The highest BCUT2D eigenvalue weighted by Crippen LogP contribution is 2.22. The molecule has 1 fully saturated rings. The van der Waals surface area contributed by atoms with Crippen LogP contribution in [0.1, 0.15) is 36.5 Å². The largest absolute Gasteiger partial charge is 0.339 e. The van der Waals surface area contributed by atoms with E-state index in [0.717, 1.165) is 48.3 Å². The standard InChI is InChI=1S/C17H20N2O/c1-13-5-4-11-19(12-9-13)17(20)15-6-2-8-16-14(15)7-3-10-18-16/h2-3,6-8,10,13H,4-5,9,11-12H2,1H3. The van der Waals surface area contributed by atoms with Gasteiger partial charge >= 0.3 is 0 Å². The molecule has 1 aliphatic rings. The number of carbonyl (C=O) groups excluding carboxylic acids is 1. The number of aromatic nitrogens is 1. The van der Waals surface area contributed by atoms with Crippen molar-refractivity contribution >= 4 is 16.8 Å². The molecule has 20 heavy (non-hydrogen) atoms. The number of nitrogens with zero attached hydrogens (tertiary/aromatic N) is 2. The molecule has 0 saturated carbocycles. The van der Waals surface area contributed by atoms with Crippen LogP contribution in [-0.4, -0.2) is 28.9 Å². The Morgan fingerprint density at radius 2 is 2.10 bits per heavy atom. The maximum Gasteiger partial charge on any atom is 0.254 e. The number of rotatable bonds is 1. The second-order valence-electron chi connectivity index (χ2n) is 5.70. The first-order valence-corrected chi connectivity index (χ1v) is 7.39. The normalized spacial score (nSPS) is 19.9. The van der Waals surface area contributed by atoms with Crippen molar-refractivity contribution in [3.63, 3.8) is 0 Å². The van der Waals surface area contributed by atoms with Crippen molar-refractivity contribution in [2.75, 3.05) is 13.1 Å². The number of hydrogen-bond donors (Lipinski definition) is 0. The lowest BCUT2D eigenvalue weighted by atomic mass is 10.0. The van der Waals surface area contributed by atoms with Gasteiger partial charge in [-0.1, -0.05) is 19.1 Å². The number of amides is 1. The van der Waals surface area contributed by atoms with E-state index >= 15 is 0 Å². The summed E-state index contributed by atoms with van der Waals surface area (Å²) in [5.74, 6) is 0.875. The van der Waals surface area contributed by atoms with Crippen molar-refractivity contribution < 1.29 is 4.79 Å². The van der Waals surface area contributed by atoms with Crippen LogP contribution in [0.3, 0.4) is 0 Å². The number of hydrogen-bond acceptors (Lipinski definition) is 2. The molecule has 0 N–H and O–H groups in total. The van der Waals surface area contributed by atoms with Crippen LogP contribution >= 0.6 is 0 Å². The zero-order valence-corrected chi connectivity index (χ0v) is 11.9. The van der Waals surface area contributed by atoms with Gasteiger partial charge < -0.3 is 4.90 Å². The van der Waals surface area contributed by atoms with E-state index in [9.17, 15) is 4.79 Å². The molecule has 2 aromatic rings. The van der Waals surface area contributed by atoms with Crippen molar-refractivity contribution in [1.82, 2.24) is 9.88 Å². The quantitative estimate of drug-likeness (QED) is 0.793. The van der Waals surface area contributed by atoms with Crippen LogP contribution in [0.2, 0.25) is 0 Å². The minimum Gasteiger partial charge on any atom is -0.339 e. The van der Waals surface area contributed by atoms with E-state index in [1.54, 1.807) is 6.20 Å². The summed E-state index contributed by atoms with van der Waals surface area (Å²) < 4.78 is 0. The van der Waals surface area contributed by atoms with Gasteiger partial charge in [-0.15, -0.1) is 0 Å². The molecule has 0 spiro atoms. The van der Waals surface area contributed by atoms with E-state index in [0.29, 0.717) is 0 Å². The van der Waals surface area contributed by atoms with Crippen molar-refractivity contribution in [2.45, 2.75) is 26.2 Å². The van der Waals surface area contributed by atoms with Crippen LogP contribution in [0.5, 0.6) is 0 Å². The van der Waals surface area contributed by atoms with Gasteiger partial charge in [0.25, 0.3) is 5.91 Å². The van der Waals surface area contributed by atoms with Crippen LogP contribution in [-0.2, 0) is 0 Å². The van der Waals surface area contributed by atoms with E-state index in [1.807, 2.05) is 35.2 Å². The van der Waals surface area contributed by atoms with Crippen molar-refractivity contribution in [1.29, 1.82) is 0 Å². The lowest BCUT2D eigenvalue weighted by Crippen LogP contribution is -2.32. The molecule has 1 aromatic heterocycles. The molecule has 1 amide bonds. The van der Waals surface area contributed by atoms with Gasteiger partial charge in [0, 0.05) is 30.2 Å². The minimum atomic E-state index is 0.151. The molecular formula is C17H20N2O. The van der Waals surface area contributed by atoms with Gasteiger partial charge in [0.1, 0.15) is 0 Å². The Kier molecular flexibility index (Phi) is 3.68. The molecule has 1 saturated heterocycles. The maximum atomic E-state index is 12.8. The Labute approximate surface area is 119 Å². The molecule has 3 nitrogen and oxygen atoms in total. The summed E-state index contributed by atoms with van der Waals surface area (Å²) in [7, 11) is 0. The monoisotopic (exact) mass is 268 g/mol. The van der Waals surface area contributed by atoms with Crippen molar-refractivity contribution in [2.24, 2.45) is 5.92 Å². The first-order valence-electron chi connectivity index (χ1n) is 7.39. The lowest BCUT2D eigenvalue weighted by molar-refractivity contribution is 0.0762. The molecular weight excluding hydrogens is 248 g/mol. The summed E-state index contributed by atoms with van der Waals surface area (Å²) in [6, 6.07) is 9.67. The fourth-order valence-corrected chi connectivity index (χ4v) is 2.93. The van der Waals surface area contributed by atoms with Gasteiger partial charge in [-0.05, 0) is 43.4 Å². The Morgan fingerprint density at radius 1 is 1.20 bits per heavy atom. The number of likely N-dealkylation sites (tertiary alicyclic amines) is 1. The summed E-state index contributed by atoms with van der Waals surface area (Å²) in [6.07, 6.45) is 5.20. The van der Waals surface area contributed by atoms with Crippen LogP contribution in [0, 0.1) is 5.92 Å². The number of fused-ring (bicyclic) bond motifs is 1. The topological polar surface area (TPSA) is 33.2 Å². The Morgan fingerprint density at radius 3 is 3.00 bits per heavy atom. The van der Waals surface area contributed by atoms with E-state index in [4.69, 9.17) is 0 Å². The molecule has 0 radical (unpaired) electrons. The van der Waals surface area contributed by atoms with Gasteiger partial charge in [0.05, 0.1) is 5.52 Å². The summed E-state index contributed by atoms with van der Waals surface area (Å²) in [5.41, 5.74) is 1.67. The number of pyridine rings is 1. The van der Waals surface area contributed by atoms with Gasteiger partial charge in [-0.25, -0.2) is 0 Å². The van der Waals surface area contributed by atoms with E-state index in [-0.39, 0.29) is 5.91 Å². The van der Waals surface area contributed by atoms with Crippen LogP contribution in [0.15, 0.2) is 36.5 Å². The third-order valence-corrected chi connectivity index (χ3v) is 4.18. The number of carbonyl (C=O) groups is 1. The first kappa shape index (κ1) is 13.1. The summed E-state index contributed by atoms with van der Waals surface area (Å²) in [5, 5.41) is 0.956. The maximum absolute atomic E-state index is 12.8. The van der Waals surface area contributed by atoms with Gasteiger partial charge in [0.2, 0.25) is 0 Å². The minimum absolute atomic E-state index is 0.151. The molecule has 1 aromatic carbocycles. The highest BCUT2D eigenvalue weighted by atomic mass is 16.2. The third kappa shape index (κ3) is 2.53. The summed E-state index contributed by atoms with van der Waals surface area (Å²) in [4.78, 5) is 19.1. The fraction of sp³-hybridized carbons (Fsp3) is 0.412. The third-order valence-electron chi connectivity index (χ3n) is 4.18. The molecule has 1 atom stereocenters. The van der Waals surface area contributed by atoms with Gasteiger partial charge in [-0.3, -0.25) is 9.78 Å². The number of benzene rings is 1. The predicted octanol–water partition coefficient (Wildman–Crippen LogP) is 3.50. The Balaban J connectivity index is 1.92. The highest BCUT2D eigenvalue weighted by Gasteiger charge is 2.21. The molecule has 3 rings (SSSR count). The Hall–Kier alpha value is -1.90. The lowest BCUT2D eigenvalue weighted by Gasteiger charge is -2.21. The fourth-order valence-electron chi connectivity index (χ4n) is 2.93. The van der Waals surface area contributed by atoms with Gasteiger partial charge in [-0.2, -0.15) is 0 Å². The van der Waals surface area contributed by atoms with E-state index in [1.165, 1.54) is 6.42 Å². The average Bonchev–Trinajstić information content (AvgIpc) is 2.71. The molecule has 1 aliphatic heterocycles.